The van der Waals surface area contributed by atoms with Gasteiger partial charge in [0.05, 0.1) is 22.5 Å². The molecule has 0 aromatic heterocycles. The number of imide groups is 1. The lowest BCUT2D eigenvalue weighted by molar-refractivity contribution is -0.133. The molecule has 7 rings (SSSR count). The molecule has 2 amide bonds. The second-order valence-electron chi connectivity index (χ2n) is 8.03. The van der Waals surface area contributed by atoms with E-state index in [0.717, 1.165) is 16.0 Å². The molecule has 1 fully saturated rings. The molecule has 1 saturated heterocycles. The standard InChI is InChI=1S/C24H15Cl2NO3/c25-12-9-10-17(26)18(11-12)27-22(28)20-19-13-5-1-3-7-15(13)24(30,21(20)23(27)29)16-8-4-2-6-14(16)19/h1-11,19-21,30H/t19?,20-,21+,24?/m0/s1. The minimum absolute atomic E-state index is 0.254. The Bertz CT molecular complexity index is 1220. The number of halogens is 2. The van der Waals surface area contributed by atoms with E-state index in [9.17, 15) is 14.7 Å². The summed E-state index contributed by atoms with van der Waals surface area (Å²) >= 11 is 12.5. The fraction of sp³-hybridized carbons (Fsp3) is 0.167. The van der Waals surface area contributed by atoms with E-state index in [4.69, 9.17) is 23.2 Å². The van der Waals surface area contributed by atoms with Gasteiger partial charge in [0.15, 0.2) is 0 Å². The SMILES string of the molecule is O=C1[C@H]2C3c4ccccc4C(O)(c4ccccc43)[C@H]2C(=O)N1c1cc(Cl)ccc1Cl. The van der Waals surface area contributed by atoms with Crippen molar-refractivity contribution in [2.45, 2.75) is 11.5 Å². The van der Waals surface area contributed by atoms with Gasteiger partial charge in [-0.2, -0.15) is 0 Å². The van der Waals surface area contributed by atoms with E-state index in [0.29, 0.717) is 16.1 Å². The van der Waals surface area contributed by atoms with E-state index in [1.54, 1.807) is 12.1 Å². The molecule has 3 aliphatic carbocycles. The van der Waals surface area contributed by atoms with E-state index in [1.165, 1.54) is 6.07 Å². The summed E-state index contributed by atoms with van der Waals surface area (Å²) in [7, 11) is 0. The largest absolute Gasteiger partial charge is 0.379 e. The summed E-state index contributed by atoms with van der Waals surface area (Å²) in [6.45, 7) is 0. The van der Waals surface area contributed by atoms with Crippen molar-refractivity contribution in [3.05, 3.63) is 99.0 Å². The van der Waals surface area contributed by atoms with Gasteiger partial charge in [0.1, 0.15) is 5.60 Å². The van der Waals surface area contributed by atoms with Crippen LogP contribution in [0.15, 0.2) is 66.7 Å². The minimum atomic E-state index is -1.58. The lowest BCUT2D eigenvalue weighted by atomic mass is 9.52. The van der Waals surface area contributed by atoms with Gasteiger partial charge in [-0.15, -0.1) is 0 Å². The normalized spacial score (nSPS) is 28.4. The maximum Gasteiger partial charge on any atom is 0.241 e. The molecule has 6 heteroatoms. The predicted octanol–water partition coefficient (Wildman–Crippen LogP) is 4.49. The molecule has 0 saturated carbocycles. The van der Waals surface area contributed by atoms with Gasteiger partial charge in [-0.25, -0.2) is 4.90 Å². The van der Waals surface area contributed by atoms with Crippen LogP contribution in [0, 0.1) is 11.8 Å². The van der Waals surface area contributed by atoms with Gasteiger partial charge < -0.3 is 5.11 Å². The van der Waals surface area contributed by atoms with Crippen molar-refractivity contribution in [3.8, 4) is 0 Å². The first kappa shape index (κ1) is 18.1. The van der Waals surface area contributed by atoms with Crippen LogP contribution in [0.5, 0.6) is 0 Å². The summed E-state index contributed by atoms with van der Waals surface area (Å²) in [4.78, 5) is 28.4. The van der Waals surface area contributed by atoms with Crippen LogP contribution >= 0.6 is 23.2 Å². The summed E-state index contributed by atoms with van der Waals surface area (Å²) < 4.78 is 0. The van der Waals surface area contributed by atoms with E-state index in [-0.39, 0.29) is 22.5 Å². The Morgan fingerprint density at radius 3 is 2.07 bits per heavy atom. The van der Waals surface area contributed by atoms with Crippen molar-refractivity contribution in [1.82, 2.24) is 0 Å². The number of carbonyl (C=O) groups is 2. The Kier molecular flexibility index (Phi) is 3.59. The van der Waals surface area contributed by atoms with Crippen LogP contribution in [0.25, 0.3) is 0 Å². The topological polar surface area (TPSA) is 57.6 Å². The van der Waals surface area contributed by atoms with Gasteiger partial charge in [0.2, 0.25) is 11.8 Å². The third-order valence-electron chi connectivity index (χ3n) is 6.72. The average Bonchev–Trinajstić information content (AvgIpc) is 3.02. The van der Waals surface area contributed by atoms with Gasteiger partial charge in [-0.3, -0.25) is 9.59 Å². The average molecular weight is 436 g/mol. The number of anilines is 1. The van der Waals surface area contributed by atoms with Gasteiger partial charge in [0, 0.05) is 10.9 Å². The molecule has 0 unspecified atom stereocenters. The molecule has 2 atom stereocenters. The molecule has 2 bridgehead atoms. The van der Waals surface area contributed by atoms with Gasteiger partial charge in [-0.05, 0) is 40.5 Å². The minimum Gasteiger partial charge on any atom is -0.379 e. The number of nitrogens with zero attached hydrogens (tertiary/aromatic N) is 1. The number of aliphatic hydroxyl groups is 1. The summed E-state index contributed by atoms with van der Waals surface area (Å²) in [5.74, 6) is -2.75. The van der Waals surface area contributed by atoms with Crippen molar-refractivity contribution in [2.24, 2.45) is 11.8 Å². The maximum absolute atomic E-state index is 13.7. The van der Waals surface area contributed by atoms with Crippen molar-refractivity contribution in [3.63, 3.8) is 0 Å². The predicted molar refractivity (Wildman–Crippen MR) is 114 cm³/mol. The molecule has 0 radical (unpaired) electrons. The van der Waals surface area contributed by atoms with Crippen LogP contribution in [0.3, 0.4) is 0 Å². The van der Waals surface area contributed by atoms with E-state index in [1.807, 2.05) is 48.5 Å². The molecule has 148 valence electrons. The zero-order valence-corrected chi connectivity index (χ0v) is 17.1. The highest BCUT2D eigenvalue weighted by Gasteiger charge is 2.68. The molecule has 4 nitrogen and oxygen atoms in total. The van der Waals surface area contributed by atoms with Crippen molar-refractivity contribution in [2.75, 3.05) is 4.90 Å². The number of benzene rings is 3. The third kappa shape index (κ3) is 2.01. The molecular formula is C24H15Cl2NO3. The van der Waals surface area contributed by atoms with Crippen LogP contribution in [-0.4, -0.2) is 16.9 Å². The van der Waals surface area contributed by atoms with Crippen LogP contribution in [0.2, 0.25) is 10.0 Å². The highest BCUT2D eigenvalue weighted by atomic mass is 35.5. The molecule has 3 aromatic carbocycles. The lowest BCUT2D eigenvalue weighted by Gasteiger charge is -2.51. The molecule has 1 N–H and O–H groups in total. The number of rotatable bonds is 1. The van der Waals surface area contributed by atoms with E-state index < -0.39 is 23.3 Å². The van der Waals surface area contributed by atoms with E-state index >= 15 is 0 Å². The Labute approximate surface area is 182 Å². The molecule has 1 aliphatic heterocycles. The Morgan fingerprint density at radius 2 is 1.43 bits per heavy atom. The summed E-state index contributed by atoms with van der Waals surface area (Å²) in [5.41, 5.74) is 1.83. The Hall–Kier alpha value is -2.66. The number of carbonyl (C=O) groups excluding carboxylic acids is 2. The zero-order valence-electron chi connectivity index (χ0n) is 15.5. The quantitative estimate of drug-likeness (QED) is 0.572. The lowest BCUT2D eigenvalue weighted by Crippen LogP contribution is -2.53. The monoisotopic (exact) mass is 435 g/mol. The third-order valence-corrected chi connectivity index (χ3v) is 7.28. The molecule has 3 aromatic rings. The van der Waals surface area contributed by atoms with Crippen molar-refractivity contribution >= 4 is 40.7 Å². The first-order valence-electron chi connectivity index (χ1n) is 9.68. The van der Waals surface area contributed by atoms with Crippen LogP contribution in [0.4, 0.5) is 5.69 Å². The highest BCUT2D eigenvalue weighted by molar-refractivity contribution is 6.38. The number of amides is 2. The Balaban J connectivity index is 1.63. The second-order valence-corrected chi connectivity index (χ2v) is 8.87. The molecule has 4 aliphatic rings. The molecular weight excluding hydrogens is 421 g/mol. The van der Waals surface area contributed by atoms with Crippen molar-refractivity contribution in [1.29, 1.82) is 0 Å². The van der Waals surface area contributed by atoms with Crippen molar-refractivity contribution < 1.29 is 14.7 Å². The second kappa shape index (κ2) is 5.94. The Morgan fingerprint density at radius 1 is 0.833 bits per heavy atom. The summed E-state index contributed by atoms with van der Waals surface area (Å²) in [6, 6.07) is 19.7. The fourth-order valence-electron chi connectivity index (χ4n) is 5.63. The first-order chi connectivity index (χ1) is 14.4. The molecule has 30 heavy (non-hydrogen) atoms. The first-order valence-corrected chi connectivity index (χ1v) is 10.4. The van der Waals surface area contributed by atoms with Gasteiger partial charge in [0.25, 0.3) is 0 Å². The van der Waals surface area contributed by atoms with Crippen LogP contribution < -0.4 is 4.90 Å². The number of hydrogen-bond acceptors (Lipinski definition) is 3. The number of hydrogen-bond donors (Lipinski definition) is 1. The van der Waals surface area contributed by atoms with E-state index in [2.05, 4.69) is 0 Å². The van der Waals surface area contributed by atoms with Gasteiger partial charge >= 0.3 is 0 Å². The molecule has 0 spiro atoms. The fourth-order valence-corrected chi connectivity index (χ4v) is 5.99. The van der Waals surface area contributed by atoms with Crippen LogP contribution in [0.1, 0.15) is 28.2 Å². The van der Waals surface area contributed by atoms with Gasteiger partial charge in [-0.1, -0.05) is 71.7 Å². The zero-order chi connectivity index (χ0) is 20.8. The molecule has 1 heterocycles. The van der Waals surface area contributed by atoms with Crippen LogP contribution in [-0.2, 0) is 15.2 Å². The highest BCUT2D eigenvalue weighted by Crippen LogP contribution is 2.63. The summed E-state index contributed by atoms with van der Waals surface area (Å²) in [5, 5.41) is 12.7. The maximum atomic E-state index is 13.7. The smallest absolute Gasteiger partial charge is 0.241 e. The summed E-state index contributed by atoms with van der Waals surface area (Å²) in [6.07, 6.45) is 0.